The maximum Gasteiger partial charge on any atom is 0.228 e. The zero-order valence-corrected chi connectivity index (χ0v) is 16.0. The van der Waals surface area contributed by atoms with Gasteiger partial charge in [-0.1, -0.05) is 29.8 Å². The fourth-order valence-corrected chi connectivity index (χ4v) is 3.76. The number of hydrogen-bond donors (Lipinski definition) is 1. The number of benzene rings is 1. The van der Waals surface area contributed by atoms with Crippen molar-refractivity contribution in [1.82, 2.24) is 14.9 Å². The summed E-state index contributed by atoms with van der Waals surface area (Å²) in [7, 11) is 0. The van der Waals surface area contributed by atoms with E-state index in [-0.39, 0.29) is 0 Å². The molecule has 140 valence electrons. The number of oxazole rings is 1. The Morgan fingerprint density at radius 3 is 2.67 bits per heavy atom. The Morgan fingerprint density at radius 1 is 1.19 bits per heavy atom. The summed E-state index contributed by atoms with van der Waals surface area (Å²) in [6.07, 6.45) is 4.83. The molecule has 1 aliphatic rings. The fraction of sp³-hybridized carbons (Fsp3) is 0.333. The van der Waals surface area contributed by atoms with Crippen LogP contribution in [0.1, 0.15) is 29.9 Å². The minimum Gasteiger partial charge on any atom is -0.441 e. The van der Waals surface area contributed by atoms with Crippen LogP contribution in [0.2, 0.25) is 5.02 Å². The predicted molar refractivity (Wildman–Crippen MR) is 104 cm³/mol. The van der Waals surface area contributed by atoms with Gasteiger partial charge in [-0.3, -0.25) is 9.88 Å². The minimum atomic E-state index is -0.799. The molecule has 1 saturated heterocycles. The lowest BCUT2D eigenvalue weighted by molar-refractivity contribution is -0.0282. The predicted octanol–water partition coefficient (Wildman–Crippen LogP) is 4.18. The van der Waals surface area contributed by atoms with Crippen LogP contribution in [0.3, 0.4) is 0 Å². The van der Waals surface area contributed by atoms with Crippen molar-refractivity contribution in [3.8, 4) is 11.5 Å². The first-order valence-corrected chi connectivity index (χ1v) is 9.49. The summed E-state index contributed by atoms with van der Waals surface area (Å²) in [5.41, 5.74) is 1.81. The highest BCUT2D eigenvalue weighted by atomic mass is 35.5. The van der Waals surface area contributed by atoms with Gasteiger partial charge in [0.05, 0.1) is 21.9 Å². The number of piperidine rings is 1. The molecule has 0 atom stereocenters. The van der Waals surface area contributed by atoms with Crippen LogP contribution in [-0.4, -0.2) is 33.1 Å². The number of halogens is 1. The van der Waals surface area contributed by atoms with Crippen LogP contribution in [0.5, 0.6) is 0 Å². The van der Waals surface area contributed by atoms with Crippen molar-refractivity contribution in [3.05, 3.63) is 70.8 Å². The van der Waals surface area contributed by atoms with Crippen molar-refractivity contribution in [2.75, 3.05) is 13.1 Å². The van der Waals surface area contributed by atoms with Crippen LogP contribution < -0.4 is 0 Å². The highest BCUT2D eigenvalue weighted by Crippen LogP contribution is 2.33. The van der Waals surface area contributed by atoms with Gasteiger partial charge in [-0.2, -0.15) is 0 Å². The van der Waals surface area contributed by atoms with Crippen molar-refractivity contribution < 1.29 is 9.52 Å². The van der Waals surface area contributed by atoms with Gasteiger partial charge in [0.15, 0.2) is 0 Å². The molecule has 2 aromatic heterocycles. The topological polar surface area (TPSA) is 62.4 Å². The molecule has 5 nitrogen and oxygen atoms in total. The van der Waals surface area contributed by atoms with Gasteiger partial charge in [0.1, 0.15) is 5.76 Å². The molecule has 6 heteroatoms. The number of nitrogens with zero attached hydrogens (tertiary/aromatic N) is 3. The Kier molecular flexibility index (Phi) is 5.00. The Morgan fingerprint density at radius 2 is 1.96 bits per heavy atom. The second-order valence-corrected chi connectivity index (χ2v) is 7.46. The standard InChI is InChI=1S/C21H22ClN3O2/c1-15-19(24-20(27-15)17-6-2-3-7-18(17)22)14-25-11-8-21(26,9-12-25)16-5-4-10-23-13-16/h2-7,10,13,26H,8-9,11-12,14H2,1H3. The lowest BCUT2D eigenvalue weighted by atomic mass is 9.85. The quantitative estimate of drug-likeness (QED) is 0.732. The Bertz CT molecular complexity index is 918. The summed E-state index contributed by atoms with van der Waals surface area (Å²) in [6.45, 7) is 4.21. The van der Waals surface area contributed by atoms with E-state index in [0.717, 1.165) is 35.7 Å². The number of aliphatic hydroxyl groups is 1. The van der Waals surface area contributed by atoms with Crippen LogP contribution in [-0.2, 0) is 12.1 Å². The van der Waals surface area contributed by atoms with Gasteiger partial charge in [0.2, 0.25) is 5.89 Å². The number of likely N-dealkylation sites (tertiary alicyclic amines) is 1. The molecule has 0 amide bonds. The molecule has 4 rings (SSSR count). The molecule has 27 heavy (non-hydrogen) atoms. The number of aromatic nitrogens is 2. The van der Waals surface area contributed by atoms with E-state index in [1.807, 2.05) is 43.3 Å². The van der Waals surface area contributed by atoms with Crippen LogP contribution in [0, 0.1) is 6.92 Å². The van der Waals surface area contributed by atoms with Gasteiger partial charge in [-0.15, -0.1) is 0 Å². The van der Waals surface area contributed by atoms with E-state index in [1.165, 1.54) is 0 Å². The van der Waals surface area contributed by atoms with Gasteiger partial charge >= 0.3 is 0 Å². The van der Waals surface area contributed by atoms with Crippen molar-refractivity contribution in [1.29, 1.82) is 0 Å². The average molecular weight is 384 g/mol. The molecule has 1 aliphatic heterocycles. The Hall–Kier alpha value is -2.21. The molecular weight excluding hydrogens is 362 g/mol. The van der Waals surface area contributed by atoms with E-state index in [0.29, 0.717) is 30.3 Å². The average Bonchev–Trinajstić information content (AvgIpc) is 3.05. The molecule has 0 spiro atoms. The first kappa shape index (κ1) is 18.2. The van der Waals surface area contributed by atoms with Crippen molar-refractivity contribution >= 4 is 11.6 Å². The van der Waals surface area contributed by atoms with E-state index >= 15 is 0 Å². The third kappa shape index (κ3) is 3.76. The van der Waals surface area contributed by atoms with Crippen LogP contribution in [0.4, 0.5) is 0 Å². The van der Waals surface area contributed by atoms with Crippen LogP contribution in [0.15, 0.2) is 53.2 Å². The zero-order chi connectivity index (χ0) is 18.9. The first-order chi connectivity index (χ1) is 13.0. The van der Waals surface area contributed by atoms with Crippen LogP contribution in [0.25, 0.3) is 11.5 Å². The second kappa shape index (κ2) is 7.43. The molecule has 0 saturated carbocycles. The van der Waals surface area contributed by atoms with Gasteiger partial charge in [-0.25, -0.2) is 4.98 Å². The zero-order valence-electron chi connectivity index (χ0n) is 15.2. The van der Waals surface area contributed by atoms with E-state index in [4.69, 9.17) is 16.0 Å². The molecule has 3 aromatic rings. The van der Waals surface area contributed by atoms with Crippen molar-refractivity contribution in [2.45, 2.75) is 31.9 Å². The molecule has 1 N–H and O–H groups in total. The monoisotopic (exact) mass is 383 g/mol. The van der Waals surface area contributed by atoms with Gasteiger partial charge < -0.3 is 9.52 Å². The smallest absolute Gasteiger partial charge is 0.228 e. The highest BCUT2D eigenvalue weighted by molar-refractivity contribution is 6.33. The lowest BCUT2D eigenvalue weighted by Gasteiger charge is -2.38. The van der Waals surface area contributed by atoms with Crippen molar-refractivity contribution in [2.24, 2.45) is 0 Å². The van der Waals surface area contributed by atoms with Gasteiger partial charge in [0, 0.05) is 37.6 Å². The minimum absolute atomic E-state index is 0.553. The SMILES string of the molecule is Cc1oc(-c2ccccc2Cl)nc1CN1CCC(O)(c2cccnc2)CC1. The number of pyridine rings is 1. The summed E-state index contributed by atoms with van der Waals surface area (Å²) in [6, 6.07) is 11.4. The molecule has 1 fully saturated rings. The Labute approximate surface area is 163 Å². The van der Waals surface area contributed by atoms with E-state index < -0.39 is 5.60 Å². The number of aryl methyl sites for hydroxylation is 1. The number of rotatable bonds is 4. The van der Waals surface area contributed by atoms with Crippen LogP contribution >= 0.6 is 11.6 Å². The third-order valence-electron chi connectivity index (χ3n) is 5.25. The van der Waals surface area contributed by atoms with Gasteiger partial charge in [0.25, 0.3) is 0 Å². The molecule has 1 aromatic carbocycles. The summed E-state index contributed by atoms with van der Waals surface area (Å²) >= 11 is 6.26. The Balaban J connectivity index is 1.45. The molecular formula is C21H22ClN3O2. The second-order valence-electron chi connectivity index (χ2n) is 7.05. The summed E-state index contributed by atoms with van der Waals surface area (Å²) in [5.74, 6) is 1.36. The normalized spacial score (nSPS) is 17.1. The summed E-state index contributed by atoms with van der Waals surface area (Å²) in [4.78, 5) is 11.1. The maximum atomic E-state index is 10.9. The van der Waals surface area contributed by atoms with E-state index in [9.17, 15) is 5.11 Å². The third-order valence-corrected chi connectivity index (χ3v) is 5.58. The van der Waals surface area contributed by atoms with E-state index in [2.05, 4.69) is 14.9 Å². The highest BCUT2D eigenvalue weighted by Gasteiger charge is 2.34. The molecule has 0 radical (unpaired) electrons. The van der Waals surface area contributed by atoms with E-state index in [1.54, 1.807) is 12.4 Å². The first-order valence-electron chi connectivity index (χ1n) is 9.12. The number of hydrogen-bond acceptors (Lipinski definition) is 5. The summed E-state index contributed by atoms with van der Waals surface area (Å²) in [5, 5.41) is 11.6. The fourth-order valence-electron chi connectivity index (χ4n) is 3.54. The lowest BCUT2D eigenvalue weighted by Crippen LogP contribution is -2.42. The molecule has 0 unspecified atom stereocenters. The summed E-state index contributed by atoms with van der Waals surface area (Å²) < 4.78 is 5.85. The molecule has 3 heterocycles. The van der Waals surface area contributed by atoms with Gasteiger partial charge in [-0.05, 0) is 38.0 Å². The van der Waals surface area contributed by atoms with Crippen molar-refractivity contribution in [3.63, 3.8) is 0 Å². The molecule has 0 bridgehead atoms. The maximum absolute atomic E-state index is 10.9. The largest absolute Gasteiger partial charge is 0.441 e. The molecule has 0 aliphatic carbocycles.